The zero-order valence-corrected chi connectivity index (χ0v) is 31.0. The van der Waals surface area contributed by atoms with E-state index in [0.717, 1.165) is 40.8 Å². The first-order valence-corrected chi connectivity index (χ1v) is 18.3. The number of carboxylic acid groups (broad SMARTS) is 1. The summed E-state index contributed by atoms with van der Waals surface area (Å²) in [6.07, 6.45) is 12.8. The number of thiol groups is 2. The molecule has 6 nitrogen and oxygen atoms in total. The summed E-state index contributed by atoms with van der Waals surface area (Å²) in [5.41, 5.74) is 6.49. The highest BCUT2D eigenvalue weighted by molar-refractivity contribution is 7.80. The molecule has 0 saturated heterocycles. The molecule has 260 valence electrons. The minimum Gasteiger partial charge on any atom is -0.507 e. The van der Waals surface area contributed by atoms with Gasteiger partial charge in [-0.1, -0.05) is 108 Å². The quantitative estimate of drug-likeness (QED) is 0.0634. The maximum Gasteiger partial charge on any atom is 0.306 e. The van der Waals surface area contributed by atoms with Crippen LogP contribution in [0.3, 0.4) is 0 Å². The molecule has 0 spiro atoms. The largest absolute Gasteiger partial charge is 0.507 e. The number of benzene rings is 2. The predicted molar refractivity (Wildman–Crippen MR) is 197 cm³/mol. The lowest BCUT2D eigenvalue weighted by Crippen LogP contribution is -2.17. The van der Waals surface area contributed by atoms with Crippen LogP contribution in [0.25, 0.3) is 0 Å². The fraction of sp³-hybridized carbons (Fsp3) is 0.632. The Bertz CT molecular complexity index is 1190. The Kier molecular flexibility index (Phi) is 20.9. The number of ether oxygens (including phenoxy) is 2. The molecule has 0 atom stereocenters. The molecule has 2 N–H and O–H groups in total. The van der Waals surface area contributed by atoms with E-state index in [2.05, 4.69) is 91.1 Å². The maximum atomic E-state index is 11.7. The Morgan fingerprint density at radius 2 is 1.33 bits per heavy atom. The number of rotatable bonds is 20. The summed E-state index contributed by atoms with van der Waals surface area (Å²) in [5, 5.41) is 19.2. The third kappa shape index (κ3) is 17.0. The highest BCUT2D eigenvalue weighted by Gasteiger charge is 2.23. The second-order valence-corrected chi connectivity index (χ2v) is 14.0. The minimum atomic E-state index is -0.787. The van der Waals surface area contributed by atoms with E-state index in [1.54, 1.807) is 0 Å². The molecule has 2 aromatic rings. The monoisotopic (exact) mass is 676 g/mol. The summed E-state index contributed by atoms with van der Waals surface area (Å²) in [6, 6.07) is 8.63. The predicted octanol–water partition coefficient (Wildman–Crippen LogP) is 9.60. The van der Waals surface area contributed by atoms with Gasteiger partial charge < -0.3 is 19.7 Å². The van der Waals surface area contributed by atoms with Crippen molar-refractivity contribution in [1.29, 1.82) is 0 Å². The number of hydrogen-bond donors (Lipinski definition) is 4. The molecule has 2 aromatic carbocycles. The zero-order valence-electron chi connectivity index (χ0n) is 29.3. The van der Waals surface area contributed by atoms with E-state index in [1.165, 1.54) is 56.1 Å². The second kappa shape index (κ2) is 23.1. The Morgan fingerprint density at radius 3 is 1.89 bits per heavy atom. The van der Waals surface area contributed by atoms with Gasteiger partial charge in [0.25, 0.3) is 0 Å². The van der Waals surface area contributed by atoms with E-state index < -0.39 is 5.97 Å². The van der Waals surface area contributed by atoms with Gasteiger partial charge in [-0.25, -0.2) is 0 Å². The van der Waals surface area contributed by atoms with Crippen molar-refractivity contribution in [3.63, 3.8) is 0 Å². The number of phenolic OH excluding ortho intramolecular Hbond substituents is 1. The molecule has 2 rings (SSSR count). The summed E-state index contributed by atoms with van der Waals surface area (Å²) in [6.45, 7) is 13.9. The van der Waals surface area contributed by atoms with E-state index in [9.17, 15) is 14.7 Å². The maximum absolute atomic E-state index is 11.7. The molecule has 46 heavy (non-hydrogen) atoms. The van der Waals surface area contributed by atoms with Crippen LogP contribution in [0.15, 0.2) is 24.3 Å². The fourth-order valence-corrected chi connectivity index (χ4v) is 5.67. The SMILES string of the molecule is CCCCCCCCCCc1cc(C)cc(Cc2cc(C)cc(C(C)(C)C)c2OCCCOC(=O)CCS)c1O.O=C(O)CCS. The number of unbranched alkanes of at least 4 members (excludes halogenated alkanes) is 7. The molecule has 0 amide bonds. The number of carboxylic acids is 1. The van der Waals surface area contributed by atoms with Crippen LogP contribution < -0.4 is 4.74 Å². The van der Waals surface area contributed by atoms with Crippen molar-refractivity contribution in [2.75, 3.05) is 24.7 Å². The van der Waals surface area contributed by atoms with Crippen LogP contribution >= 0.6 is 25.3 Å². The fourth-order valence-electron chi connectivity index (χ4n) is 5.30. The van der Waals surface area contributed by atoms with E-state index in [4.69, 9.17) is 14.6 Å². The summed E-state index contributed by atoms with van der Waals surface area (Å²) in [5.74, 6) is 1.21. The van der Waals surface area contributed by atoms with Crippen molar-refractivity contribution in [3.05, 3.63) is 57.6 Å². The first-order valence-electron chi connectivity index (χ1n) is 17.0. The molecule has 0 aliphatic heterocycles. The van der Waals surface area contributed by atoms with Crippen LogP contribution in [0, 0.1) is 13.8 Å². The molecule has 0 heterocycles. The normalized spacial score (nSPS) is 11.1. The molecule has 0 unspecified atom stereocenters. The van der Waals surface area contributed by atoms with Crippen molar-refractivity contribution in [2.45, 2.75) is 130 Å². The first kappa shape index (κ1) is 41.7. The highest BCUT2D eigenvalue weighted by atomic mass is 32.1. The molecule has 0 saturated carbocycles. The average molecular weight is 677 g/mol. The summed E-state index contributed by atoms with van der Waals surface area (Å²) in [7, 11) is 0. The van der Waals surface area contributed by atoms with Gasteiger partial charge in [0.2, 0.25) is 0 Å². The smallest absolute Gasteiger partial charge is 0.306 e. The molecule has 0 aromatic heterocycles. The van der Waals surface area contributed by atoms with Crippen molar-refractivity contribution in [1.82, 2.24) is 0 Å². The van der Waals surface area contributed by atoms with Crippen LogP contribution in [-0.4, -0.2) is 46.9 Å². The molecule has 0 fully saturated rings. The van der Waals surface area contributed by atoms with Gasteiger partial charge in [-0.2, -0.15) is 25.3 Å². The molecule has 0 radical (unpaired) electrons. The third-order valence-corrected chi connectivity index (χ3v) is 8.10. The topological polar surface area (TPSA) is 93.1 Å². The van der Waals surface area contributed by atoms with Crippen molar-refractivity contribution < 1.29 is 29.3 Å². The van der Waals surface area contributed by atoms with Crippen molar-refractivity contribution >= 4 is 37.2 Å². The molecule has 8 heteroatoms. The van der Waals surface area contributed by atoms with Crippen LogP contribution in [-0.2, 0) is 32.6 Å². The molecular formula is C38H60O6S2. The van der Waals surface area contributed by atoms with E-state index in [0.29, 0.717) is 49.7 Å². The van der Waals surface area contributed by atoms with Gasteiger partial charge >= 0.3 is 11.9 Å². The van der Waals surface area contributed by atoms with Gasteiger partial charge in [0.05, 0.1) is 26.1 Å². The van der Waals surface area contributed by atoms with Crippen LogP contribution in [0.5, 0.6) is 11.5 Å². The van der Waals surface area contributed by atoms with E-state index in [1.807, 2.05) is 0 Å². The van der Waals surface area contributed by atoms with Crippen molar-refractivity contribution in [3.8, 4) is 11.5 Å². The van der Waals surface area contributed by atoms with Gasteiger partial charge in [-0.3, -0.25) is 9.59 Å². The lowest BCUT2D eigenvalue weighted by Gasteiger charge is -2.26. The molecular weight excluding hydrogens is 617 g/mol. The van der Waals surface area contributed by atoms with Gasteiger partial charge in [0.1, 0.15) is 11.5 Å². The van der Waals surface area contributed by atoms with Gasteiger partial charge in [0.15, 0.2) is 0 Å². The molecule has 0 aliphatic rings. The molecule has 0 bridgehead atoms. The van der Waals surface area contributed by atoms with Gasteiger partial charge in [-0.05, 0) is 48.8 Å². The summed E-state index contributed by atoms with van der Waals surface area (Å²) in [4.78, 5) is 21.2. The number of aliphatic carboxylic acids is 1. The standard InChI is InChI=1S/C35H54O4S.C3H6O2S/c1-7-8-9-10-11-12-13-14-16-28-21-26(2)22-29(33(28)37)25-30-23-27(3)24-31(35(4,5)6)34(30)39-19-15-18-38-32(36)17-20-40;4-3(5)1-2-6/h21-24,37,40H,7-20,25H2,1-6H3;6H,1-2H2,(H,4,5). The Balaban J connectivity index is 0.00000160. The lowest BCUT2D eigenvalue weighted by atomic mass is 9.83. The Hall–Kier alpha value is -2.32. The minimum absolute atomic E-state index is 0.106. The van der Waals surface area contributed by atoms with E-state index >= 15 is 0 Å². The number of aryl methyl sites for hydroxylation is 3. The summed E-state index contributed by atoms with van der Waals surface area (Å²) >= 11 is 7.76. The van der Waals surface area contributed by atoms with Crippen LogP contribution in [0.2, 0.25) is 0 Å². The number of carbonyl (C=O) groups is 2. The molecule has 0 aliphatic carbocycles. The highest BCUT2D eigenvalue weighted by Crippen LogP contribution is 2.38. The number of carbonyl (C=O) groups excluding carboxylic acids is 1. The summed E-state index contributed by atoms with van der Waals surface area (Å²) < 4.78 is 11.7. The zero-order chi connectivity index (χ0) is 34.5. The Labute approximate surface area is 289 Å². The third-order valence-electron chi connectivity index (χ3n) is 7.65. The Morgan fingerprint density at radius 1 is 0.761 bits per heavy atom. The van der Waals surface area contributed by atoms with Crippen LogP contribution in [0.4, 0.5) is 0 Å². The number of phenols is 1. The average Bonchev–Trinajstić information content (AvgIpc) is 2.97. The number of esters is 1. The van der Waals surface area contributed by atoms with Crippen molar-refractivity contribution in [2.24, 2.45) is 0 Å². The van der Waals surface area contributed by atoms with Gasteiger partial charge in [-0.15, -0.1) is 0 Å². The first-order chi connectivity index (χ1) is 21.8. The second-order valence-electron chi connectivity index (χ2n) is 13.1. The number of aromatic hydroxyl groups is 1. The van der Waals surface area contributed by atoms with Gasteiger partial charge in [0, 0.05) is 29.9 Å². The van der Waals surface area contributed by atoms with Crippen LogP contribution in [0.1, 0.15) is 132 Å². The lowest BCUT2D eigenvalue weighted by molar-refractivity contribution is -0.143. The number of hydrogen-bond acceptors (Lipinski definition) is 7. The van der Waals surface area contributed by atoms with E-state index in [-0.39, 0.29) is 17.8 Å².